The van der Waals surface area contributed by atoms with Crippen LogP contribution in [0, 0.1) is 0 Å². The van der Waals surface area contributed by atoms with E-state index in [0.29, 0.717) is 37.8 Å². The Morgan fingerprint density at radius 2 is 1.57 bits per heavy atom. The van der Waals surface area contributed by atoms with Gasteiger partial charge in [0, 0.05) is 56.1 Å². The molecule has 2 amide bonds. The predicted octanol–water partition coefficient (Wildman–Crippen LogP) is 4.72. The number of nitrogens with zero attached hydrogens (tertiary/aromatic N) is 4. The third kappa shape index (κ3) is 12.0. The molecule has 1 atom stereocenters. The van der Waals surface area contributed by atoms with E-state index < -0.39 is 17.2 Å². The Kier molecular flexibility index (Phi) is 12.0. The normalized spacial score (nSPS) is 17.3. The minimum atomic E-state index is -0.603. The van der Waals surface area contributed by atoms with Crippen molar-refractivity contribution in [1.82, 2.24) is 15.1 Å². The molecule has 0 saturated carbocycles. The molecule has 0 aromatic heterocycles. The second-order valence-electron chi connectivity index (χ2n) is 13.6. The molecule has 2 N–H and O–H groups in total. The third-order valence-corrected chi connectivity index (χ3v) is 7.26. The van der Waals surface area contributed by atoms with Gasteiger partial charge in [0.05, 0.1) is 6.54 Å². The number of carbonyl (C=O) groups is 3. The molecule has 1 saturated heterocycles. The molecule has 2 aliphatic rings. The Morgan fingerprint density at radius 3 is 2.21 bits per heavy atom. The lowest BCUT2D eigenvalue weighted by atomic mass is 9.98. The number of benzene rings is 2. The Bertz CT molecular complexity index is 1430. The molecule has 0 bridgehead atoms. The van der Waals surface area contributed by atoms with Crippen molar-refractivity contribution in [1.29, 1.82) is 0 Å². The first-order valence-electron chi connectivity index (χ1n) is 16.1. The van der Waals surface area contributed by atoms with Crippen molar-refractivity contribution in [3.63, 3.8) is 0 Å². The minimum Gasteiger partial charge on any atom is -0.492 e. The predicted molar refractivity (Wildman–Crippen MR) is 183 cm³/mol. The average molecular weight is 649 g/mol. The van der Waals surface area contributed by atoms with Gasteiger partial charge >= 0.3 is 12.1 Å². The van der Waals surface area contributed by atoms with Crippen LogP contribution in [-0.4, -0.2) is 104 Å². The van der Waals surface area contributed by atoms with E-state index in [9.17, 15) is 14.4 Å². The Hall–Kier alpha value is -4.45. The molecule has 4 rings (SSSR count). The zero-order valence-corrected chi connectivity index (χ0v) is 28.4. The number of carbonyl (C=O) groups excluding carboxylic acids is 3. The van der Waals surface area contributed by atoms with Crippen LogP contribution in [0.2, 0.25) is 0 Å². The maximum atomic E-state index is 12.4. The molecule has 0 spiro atoms. The second kappa shape index (κ2) is 15.9. The fourth-order valence-corrected chi connectivity index (χ4v) is 4.97. The molecular formula is C35H48N6O6. The third-order valence-electron chi connectivity index (χ3n) is 7.26. The molecule has 254 valence electrons. The molecule has 2 heterocycles. The van der Waals surface area contributed by atoms with Gasteiger partial charge in [-0.05, 0) is 89.9 Å². The summed E-state index contributed by atoms with van der Waals surface area (Å²) in [4.78, 5) is 49.9. The molecule has 47 heavy (non-hydrogen) atoms. The van der Waals surface area contributed by atoms with Gasteiger partial charge in [-0.3, -0.25) is 19.5 Å². The second-order valence-corrected chi connectivity index (χ2v) is 13.6. The standard InChI is InChI=1S/C35H48N6O6/c1-34(2,3)46-30(42)24-36-31(43)26-10-8-25(9-11-26)27-22-37-32(38-23-27)39-28-12-14-29(15-13-28)45-21-20-40-16-7-17-41(19-18-40)33(44)47-35(4,5)6/h8-15,22,27H,7,16-21,23-24H2,1-6H3,(H,36,43)(H,38,39). The number of nitrogens with one attached hydrogen (secondary N) is 2. The number of anilines is 1. The van der Waals surface area contributed by atoms with Gasteiger partial charge in [-0.25, -0.2) is 9.79 Å². The summed E-state index contributed by atoms with van der Waals surface area (Å²) in [5.41, 5.74) is 1.20. The van der Waals surface area contributed by atoms with Gasteiger partial charge in [-0.1, -0.05) is 12.1 Å². The number of hydrogen-bond donors (Lipinski definition) is 2. The lowest BCUT2D eigenvalue weighted by molar-refractivity contribution is -0.153. The lowest BCUT2D eigenvalue weighted by Gasteiger charge is -2.26. The van der Waals surface area contributed by atoms with Gasteiger partial charge in [-0.2, -0.15) is 0 Å². The molecule has 2 aromatic carbocycles. The summed E-state index contributed by atoms with van der Waals surface area (Å²) >= 11 is 0. The summed E-state index contributed by atoms with van der Waals surface area (Å²) in [7, 11) is 0. The molecule has 12 nitrogen and oxygen atoms in total. The highest BCUT2D eigenvalue weighted by atomic mass is 16.6. The topological polar surface area (TPSA) is 134 Å². The van der Waals surface area contributed by atoms with Crippen LogP contribution in [0.15, 0.2) is 58.5 Å². The number of aliphatic imine (C=N–C) groups is 2. The van der Waals surface area contributed by atoms with Gasteiger partial charge in [-0.15, -0.1) is 0 Å². The maximum Gasteiger partial charge on any atom is 0.410 e. The number of ether oxygens (including phenoxy) is 3. The van der Waals surface area contributed by atoms with E-state index in [1.54, 1.807) is 37.8 Å². The first-order valence-corrected chi connectivity index (χ1v) is 16.1. The summed E-state index contributed by atoms with van der Waals surface area (Å²) in [5, 5.41) is 5.83. The van der Waals surface area contributed by atoms with E-state index in [-0.39, 0.29) is 24.5 Å². The van der Waals surface area contributed by atoms with Crippen molar-refractivity contribution in [3.8, 4) is 5.75 Å². The van der Waals surface area contributed by atoms with Crippen LogP contribution in [0.4, 0.5) is 10.5 Å². The number of guanidine groups is 1. The number of rotatable bonds is 9. The van der Waals surface area contributed by atoms with Crippen molar-refractivity contribution in [2.45, 2.75) is 65.1 Å². The van der Waals surface area contributed by atoms with E-state index in [0.717, 1.165) is 43.1 Å². The van der Waals surface area contributed by atoms with Crippen molar-refractivity contribution < 1.29 is 28.6 Å². The Balaban J connectivity index is 1.16. The first kappa shape index (κ1) is 35.4. The molecule has 2 aromatic rings. The van der Waals surface area contributed by atoms with E-state index in [1.807, 2.05) is 63.4 Å². The number of hydrogen-bond acceptors (Lipinski definition) is 10. The quantitative estimate of drug-likeness (QED) is 0.374. The van der Waals surface area contributed by atoms with Crippen LogP contribution >= 0.6 is 0 Å². The van der Waals surface area contributed by atoms with Crippen molar-refractivity contribution >= 4 is 35.8 Å². The lowest BCUT2D eigenvalue weighted by Crippen LogP contribution is -2.39. The zero-order chi connectivity index (χ0) is 34.0. The summed E-state index contributed by atoms with van der Waals surface area (Å²) in [6, 6.07) is 14.9. The molecule has 1 unspecified atom stereocenters. The molecule has 0 aliphatic carbocycles. The molecule has 0 radical (unpaired) electrons. The summed E-state index contributed by atoms with van der Waals surface area (Å²) in [6.45, 7) is 15.7. The summed E-state index contributed by atoms with van der Waals surface area (Å²) in [5.74, 6) is 0.459. The van der Waals surface area contributed by atoms with E-state index >= 15 is 0 Å². The molecule has 12 heteroatoms. The van der Waals surface area contributed by atoms with E-state index in [2.05, 4.69) is 25.5 Å². The van der Waals surface area contributed by atoms with Crippen LogP contribution in [0.1, 0.15) is 69.8 Å². The van der Waals surface area contributed by atoms with Crippen LogP contribution < -0.4 is 15.4 Å². The van der Waals surface area contributed by atoms with Crippen LogP contribution in [0.5, 0.6) is 5.75 Å². The van der Waals surface area contributed by atoms with E-state index in [4.69, 9.17) is 14.2 Å². The SMILES string of the molecule is CC(C)(C)OC(=O)CNC(=O)c1ccc(C2C=NC(Nc3ccc(OCCN4CCCN(C(=O)OC(C)(C)C)CC4)cc3)=NC2)cc1. The highest BCUT2D eigenvalue weighted by molar-refractivity contribution is 6.00. The number of esters is 1. The largest absolute Gasteiger partial charge is 0.492 e. The summed E-state index contributed by atoms with van der Waals surface area (Å²) in [6.07, 6.45) is 2.50. The van der Waals surface area contributed by atoms with Gasteiger partial charge < -0.3 is 29.7 Å². The van der Waals surface area contributed by atoms with Gasteiger partial charge in [0.15, 0.2) is 0 Å². The highest BCUT2D eigenvalue weighted by Gasteiger charge is 2.24. The maximum absolute atomic E-state index is 12.4. The van der Waals surface area contributed by atoms with Crippen molar-refractivity contribution in [3.05, 3.63) is 59.7 Å². The average Bonchev–Trinajstić information content (AvgIpc) is 3.26. The van der Waals surface area contributed by atoms with Gasteiger partial charge in [0.2, 0.25) is 5.96 Å². The number of amides is 2. The Labute approximate surface area is 277 Å². The molecule has 1 fully saturated rings. The van der Waals surface area contributed by atoms with Crippen LogP contribution in [0.3, 0.4) is 0 Å². The minimum absolute atomic E-state index is 0.0141. The molecule has 2 aliphatic heterocycles. The van der Waals surface area contributed by atoms with Gasteiger partial charge in [0.25, 0.3) is 5.91 Å². The van der Waals surface area contributed by atoms with Crippen molar-refractivity contribution in [2.75, 3.05) is 57.7 Å². The zero-order valence-electron chi connectivity index (χ0n) is 28.4. The molecular weight excluding hydrogens is 600 g/mol. The van der Waals surface area contributed by atoms with Crippen LogP contribution in [-0.2, 0) is 14.3 Å². The first-order chi connectivity index (χ1) is 22.2. The smallest absolute Gasteiger partial charge is 0.410 e. The van der Waals surface area contributed by atoms with Crippen molar-refractivity contribution in [2.24, 2.45) is 9.98 Å². The van der Waals surface area contributed by atoms with Crippen LogP contribution in [0.25, 0.3) is 0 Å². The fourth-order valence-electron chi connectivity index (χ4n) is 4.97. The fraction of sp³-hybridized carbons (Fsp3) is 0.514. The highest BCUT2D eigenvalue weighted by Crippen LogP contribution is 2.20. The van der Waals surface area contributed by atoms with E-state index in [1.165, 1.54) is 0 Å². The Morgan fingerprint density at radius 1 is 0.872 bits per heavy atom. The van der Waals surface area contributed by atoms with Gasteiger partial charge in [0.1, 0.15) is 30.1 Å². The monoisotopic (exact) mass is 648 g/mol. The summed E-state index contributed by atoms with van der Waals surface area (Å²) < 4.78 is 16.7.